The van der Waals surface area contributed by atoms with Crippen LogP contribution in [0.4, 0.5) is 4.79 Å². The maximum absolute atomic E-state index is 11.6. The largest absolute Gasteiger partial charge is 0.394 e. The summed E-state index contributed by atoms with van der Waals surface area (Å²) >= 11 is 0. The van der Waals surface area contributed by atoms with Gasteiger partial charge >= 0.3 is 0 Å². The molecule has 2 saturated carbocycles. The maximum Gasteiger partial charge on any atom is 0.215 e. The minimum atomic E-state index is 0.149. The molecule has 15 heavy (non-hydrogen) atoms. The first-order valence-corrected chi connectivity index (χ1v) is 6.07. The third-order valence-electron chi connectivity index (χ3n) is 4.99. The van der Waals surface area contributed by atoms with Crippen molar-refractivity contribution in [3.63, 3.8) is 0 Å². The zero-order chi connectivity index (χ0) is 11.3. The van der Waals surface area contributed by atoms with E-state index in [2.05, 4.69) is 5.11 Å². The van der Waals surface area contributed by atoms with Crippen LogP contribution >= 0.6 is 0 Å². The second-order valence-electron chi connectivity index (χ2n) is 5.48. The van der Waals surface area contributed by atoms with Gasteiger partial charge in [-0.05, 0) is 42.9 Å². The van der Waals surface area contributed by atoms with Gasteiger partial charge in [0.1, 0.15) is 0 Å². The van der Waals surface area contributed by atoms with Crippen molar-refractivity contribution in [3.8, 4) is 0 Å². The van der Waals surface area contributed by atoms with Crippen LogP contribution in [-0.2, 0) is 0 Å². The molecular weight excluding hydrogens is 189 g/mol. The van der Waals surface area contributed by atoms with Crippen LogP contribution in [0.3, 0.4) is 0 Å². The van der Waals surface area contributed by atoms with Crippen molar-refractivity contribution < 1.29 is 9.90 Å². The topological polar surface area (TPSA) is 40.5 Å². The summed E-state index contributed by atoms with van der Waals surface area (Å²) in [7, 11) is 1.64. The molecule has 1 aliphatic heterocycles. The minimum absolute atomic E-state index is 0.149. The summed E-state index contributed by atoms with van der Waals surface area (Å²) in [6.07, 6.45) is 4.04. The van der Waals surface area contributed by atoms with Gasteiger partial charge < -0.3 is 10.0 Å². The molecule has 3 nitrogen and oxygen atoms in total. The van der Waals surface area contributed by atoms with E-state index in [4.69, 9.17) is 1.43 Å². The average molecular weight is 209 g/mol. The number of hydrogen-bond donors (Lipinski definition) is 1. The van der Waals surface area contributed by atoms with Crippen LogP contribution in [-0.4, -0.2) is 44.3 Å². The van der Waals surface area contributed by atoms with Crippen LogP contribution in [0.15, 0.2) is 0 Å². The molecule has 2 aliphatic carbocycles. The first-order valence-electron chi connectivity index (χ1n) is 6.48. The zero-order valence-corrected chi connectivity index (χ0v) is 9.19. The van der Waals surface area contributed by atoms with E-state index in [1.807, 2.05) is 4.90 Å². The quantitative estimate of drug-likeness (QED) is 0.654. The average Bonchev–Trinajstić information content (AvgIpc) is 2.87. The predicted molar refractivity (Wildman–Crippen MR) is 59.3 cm³/mol. The number of amides is 1. The Morgan fingerprint density at radius 3 is 3.07 bits per heavy atom. The van der Waals surface area contributed by atoms with Gasteiger partial charge in [0.2, 0.25) is 9.28 Å². The zero-order valence-electron chi connectivity index (χ0n) is 10.2. The van der Waals surface area contributed by atoms with Gasteiger partial charge in [0.25, 0.3) is 0 Å². The van der Waals surface area contributed by atoms with Crippen molar-refractivity contribution in [1.29, 1.82) is 1.43 Å². The Morgan fingerprint density at radius 1 is 1.53 bits per heavy atom. The van der Waals surface area contributed by atoms with Crippen LogP contribution in [0.1, 0.15) is 19.3 Å². The van der Waals surface area contributed by atoms with Gasteiger partial charge in [-0.1, -0.05) is 0 Å². The smallest absolute Gasteiger partial charge is 0.215 e. The summed E-state index contributed by atoms with van der Waals surface area (Å²) in [5, 5.41) is 4.58. The number of nitrogens with zero attached hydrogens (tertiary/aromatic N) is 1. The van der Waals surface area contributed by atoms with Crippen molar-refractivity contribution in [3.05, 3.63) is 0 Å². The molecule has 0 aromatic carbocycles. The molecule has 3 aliphatic rings. The normalized spacial score (nSPS) is 48.1. The lowest BCUT2D eigenvalue weighted by Crippen LogP contribution is -2.41. The van der Waals surface area contributed by atoms with Crippen molar-refractivity contribution in [2.45, 2.75) is 25.3 Å². The number of carbonyl (C=O) groups is 1. The van der Waals surface area contributed by atoms with E-state index < -0.39 is 0 Å². The molecule has 82 valence electrons. The molecule has 3 rings (SSSR count). The number of aliphatic hydroxyl groups is 1. The fraction of sp³-hybridized carbons (Fsp3) is 0.909. The van der Waals surface area contributed by atoms with Gasteiger partial charge in [-0.2, -0.15) is 0 Å². The number of aliphatic hydroxyl groups excluding tert-OH is 1. The second-order valence-corrected chi connectivity index (χ2v) is 5.48. The van der Waals surface area contributed by atoms with Gasteiger partial charge in [-0.15, -0.1) is 0 Å². The molecule has 4 heteroatoms. The van der Waals surface area contributed by atoms with E-state index in [1.54, 1.807) is 7.85 Å². The highest BCUT2D eigenvalue weighted by atomic mass is 16.3. The molecule has 1 saturated heterocycles. The summed E-state index contributed by atoms with van der Waals surface area (Å²) in [5.41, 5.74) is 0. The van der Waals surface area contributed by atoms with Crippen LogP contribution < -0.4 is 0 Å². The molecule has 1 N–H and O–H groups in total. The van der Waals surface area contributed by atoms with Gasteiger partial charge in [-0.25, -0.2) is 0 Å². The highest BCUT2D eigenvalue weighted by Crippen LogP contribution is 2.57. The Kier molecular flexibility index (Phi) is 1.86. The highest BCUT2D eigenvalue weighted by Gasteiger charge is 2.56. The first kappa shape index (κ1) is 8.62. The van der Waals surface area contributed by atoms with Crippen molar-refractivity contribution in [2.24, 2.45) is 23.7 Å². The van der Waals surface area contributed by atoms with Gasteiger partial charge in [-0.3, -0.25) is 4.79 Å². The van der Waals surface area contributed by atoms with Gasteiger partial charge in [0, 0.05) is 6.54 Å². The lowest BCUT2D eigenvalue weighted by Gasteiger charge is -2.29. The maximum atomic E-state index is 11.6. The molecule has 1 heterocycles. The second kappa shape index (κ2) is 3.24. The van der Waals surface area contributed by atoms with E-state index in [9.17, 15) is 4.79 Å². The van der Waals surface area contributed by atoms with E-state index >= 15 is 0 Å². The number of hydrogen-bond acceptors (Lipinski definition) is 2. The summed E-state index contributed by atoms with van der Waals surface area (Å²) in [5.74, 6) is 3.10. The minimum Gasteiger partial charge on any atom is -0.394 e. The SMILES string of the molecule is [3H]OC[C@@H]1C2C3CCC(C3)C2CN1C(B)=O. The molecule has 4 unspecified atom stereocenters. The first-order chi connectivity index (χ1) is 7.72. The molecular formula is C11H18BNO2. The monoisotopic (exact) mass is 209 g/mol. The number of carbonyl (C=O) groups excluding carboxylic acids is 1. The molecule has 5 atom stereocenters. The lowest BCUT2D eigenvalue weighted by atomic mass is 9.78. The van der Waals surface area contributed by atoms with Gasteiger partial charge in [0.05, 0.1) is 12.6 Å². The fourth-order valence-corrected chi connectivity index (χ4v) is 4.46. The fourth-order valence-electron chi connectivity index (χ4n) is 4.46. The van der Waals surface area contributed by atoms with Crippen LogP contribution in [0, 0.1) is 23.7 Å². The van der Waals surface area contributed by atoms with E-state index in [0.29, 0.717) is 18.4 Å². The molecule has 0 aromatic heterocycles. The Morgan fingerprint density at radius 2 is 2.33 bits per heavy atom. The van der Waals surface area contributed by atoms with E-state index in [0.717, 1.165) is 18.4 Å². The predicted octanol–water partition coefficient (Wildman–Crippen LogP) is 0.0783. The lowest BCUT2D eigenvalue weighted by molar-refractivity contribution is 0.133. The highest BCUT2D eigenvalue weighted by molar-refractivity contribution is 6.57. The summed E-state index contributed by atoms with van der Waals surface area (Å²) in [6, 6.07) is 0.176. The molecule has 0 spiro atoms. The molecule has 3 fully saturated rings. The Hall–Kier alpha value is -0.505. The Balaban J connectivity index is 1.84. The van der Waals surface area contributed by atoms with Crippen LogP contribution in [0.2, 0.25) is 0 Å². The summed E-state index contributed by atoms with van der Waals surface area (Å²) in [4.78, 5) is 13.6. The molecule has 0 aromatic rings. The standard InChI is InChI=1S/C11H18BNO2/c12-11(15)13-4-8-6-1-2-7(3-6)10(8)9(13)5-14/h6-10,14H,1-5,12H2/t6?,7?,8?,9-,10?/m1/s1/i14T. The molecule has 2 bridgehead atoms. The number of likely N-dealkylation sites (tertiary alicyclic amines) is 1. The molecule has 1 amide bonds. The Bertz CT molecular complexity index is 314. The molecule has 0 radical (unpaired) electrons. The van der Waals surface area contributed by atoms with Crippen molar-refractivity contribution in [2.75, 3.05) is 13.2 Å². The third-order valence-corrected chi connectivity index (χ3v) is 4.99. The van der Waals surface area contributed by atoms with E-state index in [-0.39, 0.29) is 11.8 Å². The van der Waals surface area contributed by atoms with Crippen molar-refractivity contribution >= 4 is 13.7 Å². The van der Waals surface area contributed by atoms with Crippen molar-refractivity contribution in [1.82, 2.24) is 4.90 Å². The van der Waals surface area contributed by atoms with Crippen LogP contribution in [0.5, 0.6) is 0 Å². The van der Waals surface area contributed by atoms with E-state index in [1.165, 1.54) is 19.3 Å². The Labute approximate surface area is 92.7 Å². The van der Waals surface area contributed by atoms with Gasteiger partial charge in [0.15, 0.2) is 5.81 Å². The summed E-state index contributed by atoms with van der Waals surface area (Å²) < 4.78 is 6.95. The third kappa shape index (κ3) is 1.20. The van der Waals surface area contributed by atoms with Crippen LogP contribution in [0.25, 0.3) is 0 Å². The summed E-state index contributed by atoms with van der Waals surface area (Å²) in [6.45, 7) is 1.30. The number of rotatable bonds is 2. The number of fused-ring (bicyclic) bond motifs is 5.